The maximum absolute atomic E-state index is 12.0. The van der Waals surface area contributed by atoms with Crippen LogP contribution in [-0.4, -0.2) is 23.7 Å². The molecule has 1 N–H and O–H groups in total. The van der Waals surface area contributed by atoms with Crippen molar-refractivity contribution in [3.63, 3.8) is 0 Å². The van der Waals surface area contributed by atoms with Gasteiger partial charge in [0, 0.05) is 12.8 Å². The zero-order chi connectivity index (χ0) is 38.4. The number of unbranched alkanes of at least 4 members (excludes halogenated alkanes) is 38. The number of carbonyl (C=O) groups excluding carboxylic acids is 1. The summed E-state index contributed by atoms with van der Waals surface area (Å²) in [5, 5.41) is 8.66. The maximum Gasteiger partial charge on any atom is 0.305 e. The van der Waals surface area contributed by atoms with Gasteiger partial charge in [-0.25, -0.2) is 0 Å². The van der Waals surface area contributed by atoms with E-state index in [0.29, 0.717) is 19.4 Å². The van der Waals surface area contributed by atoms with E-state index in [1.54, 1.807) is 0 Å². The summed E-state index contributed by atoms with van der Waals surface area (Å²) in [5.41, 5.74) is 0. The van der Waals surface area contributed by atoms with Gasteiger partial charge in [-0.05, 0) is 44.9 Å². The highest BCUT2D eigenvalue weighted by atomic mass is 16.5. The summed E-state index contributed by atoms with van der Waals surface area (Å²) in [6, 6.07) is 0. The summed E-state index contributed by atoms with van der Waals surface area (Å²) in [6.07, 6.45) is 59.9. The van der Waals surface area contributed by atoms with Gasteiger partial charge in [-0.15, -0.1) is 0 Å². The van der Waals surface area contributed by atoms with E-state index < -0.39 is 5.97 Å². The third-order valence-corrected chi connectivity index (χ3v) is 11.2. The van der Waals surface area contributed by atoms with E-state index in [1.807, 2.05) is 0 Å². The molecule has 0 aromatic rings. The lowest BCUT2D eigenvalue weighted by Crippen LogP contribution is -2.05. The lowest BCUT2D eigenvalue weighted by atomic mass is 10.0. The number of allylic oxidation sites excluding steroid dienone is 2. The van der Waals surface area contributed by atoms with Gasteiger partial charge in [0.25, 0.3) is 0 Å². The third-order valence-electron chi connectivity index (χ3n) is 11.2. The van der Waals surface area contributed by atoms with Crippen LogP contribution in [0.15, 0.2) is 12.2 Å². The lowest BCUT2D eigenvalue weighted by Gasteiger charge is -2.06. The quantitative estimate of drug-likeness (QED) is 0.0383. The molecule has 0 bridgehead atoms. The van der Waals surface area contributed by atoms with Crippen molar-refractivity contribution in [1.29, 1.82) is 0 Å². The largest absolute Gasteiger partial charge is 0.481 e. The monoisotopic (exact) mass is 747 g/mol. The molecule has 314 valence electrons. The average molecular weight is 747 g/mol. The third kappa shape index (κ3) is 48.7. The second kappa shape index (κ2) is 46.8. The van der Waals surface area contributed by atoms with Crippen molar-refractivity contribution >= 4 is 11.9 Å². The Morgan fingerprint density at radius 1 is 0.358 bits per heavy atom. The Morgan fingerprint density at radius 3 is 0.943 bits per heavy atom. The van der Waals surface area contributed by atoms with Gasteiger partial charge < -0.3 is 9.84 Å². The molecular formula is C49H94O4. The SMILES string of the molecule is CCCCCCC=CCCCCCCCCCCCC(=O)OCCCCCCCCCCCCCCCCCCCCCCCCCCCCC(=O)O. The van der Waals surface area contributed by atoms with Gasteiger partial charge in [0.2, 0.25) is 0 Å². The second-order valence-corrected chi connectivity index (χ2v) is 16.6. The van der Waals surface area contributed by atoms with Gasteiger partial charge in [0.05, 0.1) is 6.61 Å². The number of hydrogen-bond acceptors (Lipinski definition) is 3. The predicted molar refractivity (Wildman–Crippen MR) is 232 cm³/mol. The number of hydrogen-bond donors (Lipinski definition) is 1. The van der Waals surface area contributed by atoms with Crippen LogP contribution in [0.5, 0.6) is 0 Å². The van der Waals surface area contributed by atoms with Crippen molar-refractivity contribution < 1.29 is 19.4 Å². The summed E-state index contributed by atoms with van der Waals surface area (Å²) in [7, 11) is 0. The number of carbonyl (C=O) groups is 2. The number of aliphatic carboxylic acids is 1. The van der Waals surface area contributed by atoms with Gasteiger partial charge >= 0.3 is 11.9 Å². The molecule has 0 atom stereocenters. The minimum absolute atomic E-state index is 0.0185. The van der Waals surface area contributed by atoms with Crippen molar-refractivity contribution in [2.75, 3.05) is 6.61 Å². The number of rotatable bonds is 46. The van der Waals surface area contributed by atoms with E-state index in [-0.39, 0.29) is 5.97 Å². The van der Waals surface area contributed by atoms with Crippen LogP contribution >= 0.6 is 0 Å². The molecule has 0 aliphatic carbocycles. The van der Waals surface area contributed by atoms with Crippen molar-refractivity contribution in [2.45, 2.75) is 283 Å². The molecule has 0 saturated carbocycles. The van der Waals surface area contributed by atoms with Crippen LogP contribution in [-0.2, 0) is 14.3 Å². The van der Waals surface area contributed by atoms with Crippen LogP contribution in [0.4, 0.5) is 0 Å². The molecular weight excluding hydrogens is 653 g/mol. The van der Waals surface area contributed by atoms with Crippen molar-refractivity contribution in [2.24, 2.45) is 0 Å². The van der Waals surface area contributed by atoms with Gasteiger partial charge in [0.1, 0.15) is 0 Å². The molecule has 0 aromatic carbocycles. The molecule has 0 aliphatic heterocycles. The van der Waals surface area contributed by atoms with Gasteiger partial charge in [-0.3, -0.25) is 9.59 Å². The second-order valence-electron chi connectivity index (χ2n) is 16.6. The molecule has 0 fully saturated rings. The Bertz CT molecular complexity index is 747. The first-order valence-corrected chi connectivity index (χ1v) is 24.2. The first-order chi connectivity index (χ1) is 26.2. The number of carboxylic acids is 1. The van der Waals surface area contributed by atoms with Crippen LogP contribution in [0, 0.1) is 0 Å². The molecule has 53 heavy (non-hydrogen) atoms. The Balaban J connectivity index is 3.16. The van der Waals surface area contributed by atoms with Gasteiger partial charge in [-0.2, -0.15) is 0 Å². The molecule has 0 rings (SSSR count). The Kier molecular flexibility index (Phi) is 45.7. The van der Waals surface area contributed by atoms with E-state index in [1.165, 1.54) is 238 Å². The minimum atomic E-state index is -0.654. The molecule has 4 heteroatoms. The van der Waals surface area contributed by atoms with E-state index in [2.05, 4.69) is 19.1 Å². The Morgan fingerprint density at radius 2 is 0.623 bits per heavy atom. The summed E-state index contributed by atoms with van der Waals surface area (Å²) in [4.78, 5) is 22.5. The molecule has 0 aliphatic rings. The molecule has 0 aromatic heterocycles. The van der Waals surface area contributed by atoms with E-state index in [0.717, 1.165) is 25.7 Å². The molecule has 4 nitrogen and oxygen atoms in total. The van der Waals surface area contributed by atoms with Gasteiger partial charge in [0.15, 0.2) is 0 Å². The van der Waals surface area contributed by atoms with E-state index in [4.69, 9.17) is 9.84 Å². The predicted octanol–water partition coefficient (Wildman–Crippen LogP) is 17.0. The van der Waals surface area contributed by atoms with Crippen LogP contribution in [0.25, 0.3) is 0 Å². The normalized spacial score (nSPS) is 11.6. The molecule has 0 amide bonds. The minimum Gasteiger partial charge on any atom is -0.481 e. The standard InChI is InChI=1S/C49H94O4/c1-2-3-4-5-6-7-8-9-10-21-25-28-31-34-37-40-43-46-49(52)53-47-44-41-38-35-32-29-26-23-20-18-16-14-12-11-13-15-17-19-22-24-27-30-33-36-39-42-45-48(50)51/h7-8H,2-6,9-47H2,1H3,(H,50,51). The fourth-order valence-corrected chi connectivity index (χ4v) is 7.57. The van der Waals surface area contributed by atoms with Crippen molar-refractivity contribution in [3.05, 3.63) is 12.2 Å². The molecule has 0 radical (unpaired) electrons. The number of ether oxygens (including phenoxy) is 1. The highest BCUT2D eigenvalue weighted by Gasteiger charge is 2.03. The zero-order valence-electron chi connectivity index (χ0n) is 35.9. The van der Waals surface area contributed by atoms with Crippen molar-refractivity contribution in [3.8, 4) is 0 Å². The first kappa shape index (κ1) is 51.7. The summed E-state index contributed by atoms with van der Waals surface area (Å²) >= 11 is 0. The highest BCUT2D eigenvalue weighted by Crippen LogP contribution is 2.17. The fourth-order valence-electron chi connectivity index (χ4n) is 7.57. The average Bonchev–Trinajstić information content (AvgIpc) is 3.15. The fraction of sp³-hybridized carbons (Fsp3) is 0.918. The Labute approximate surface area is 332 Å². The molecule has 0 heterocycles. The van der Waals surface area contributed by atoms with Crippen LogP contribution in [0.3, 0.4) is 0 Å². The molecule has 0 spiro atoms. The lowest BCUT2D eigenvalue weighted by molar-refractivity contribution is -0.144. The first-order valence-electron chi connectivity index (χ1n) is 24.2. The van der Waals surface area contributed by atoms with Crippen LogP contribution < -0.4 is 0 Å². The zero-order valence-corrected chi connectivity index (χ0v) is 35.9. The maximum atomic E-state index is 12.0. The number of esters is 1. The highest BCUT2D eigenvalue weighted by molar-refractivity contribution is 5.69. The summed E-state index contributed by atoms with van der Waals surface area (Å²) in [5.74, 6) is -0.636. The van der Waals surface area contributed by atoms with E-state index >= 15 is 0 Å². The van der Waals surface area contributed by atoms with Crippen LogP contribution in [0.1, 0.15) is 283 Å². The van der Waals surface area contributed by atoms with Crippen molar-refractivity contribution in [1.82, 2.24) is 0 Å². The smallest absolute Gasteiger partial charge is 0.305 e. The number of carboxylic acid groups (broad SMARTS) is 1. The van der Waals surface area contributed by atoms with Crippen LogP contribution in [0.2, 0.25) is 0 Å². The summed E-state index contributed by atoms with van der Waals surface area (Å²) in [6.45, 7) is 2.90. The summed E-state index contributed by atoms with van der Waals surface area (Å²) < 4.78 is 5.48. The van der Waals surface area contributed by atoms with E-state index in [9.17, 15) is 9.59 Å². The molecule has 0 saturated heterocycles. The Hall–Kier alpha value is -1.32. The molecule has 0 unspecified atom stereocenters. The topological polar surface area (TPSA) is 63.6 Å². The van der Waals surface area contributed by atoms with Gasteiger partial charge in [-0.1, -0.05) is 237 Å².